The second kappa shape index (κ2) is 7.00. The number of para-hydroxylation sites is 2. The molecule has 5 aromatic rings. The van der Waals surface area contributed by atoms with Crippen LogP contribution in [-0.4, -0.2) is 11.3 Å². The minimum atomic E-state index is 0.0523. The van der Waals surface area contributed by atoms with E-state index >= 15 is 0 Å². The molecule has 0 saturated heterocycles. The van der Waals surface area contributed by atoms with Gasteiger partial charge in [-0.2, -0.15) is 0 Å². The molecule has 10 rings (SSSR count). The summed E-state index contributed by atoms with van der Waals surface area (Å²) >= 11 is 1.86. The van der Waals surface area contributed by atoms with Gasteiger partial charge in [0, 0.05) is 66.6 Å². The lowest BCUT2D eigenvalue weighted by Gasteiger charge is -2.43. The smallest absolute Gasteiger partial charge is 0.341 e. The maximum absolute atomic E-state index is 3.67. The first-order chi connectivity index (χ1) is 19.3. The highest BCUT2D eigenvalue weighted by Crippen LogP contribution is 2.54. The SMILES string of the molecule is Cc1cc2c3c(c1)N1c4ccccc4Sc4cc#cc(c41)B3n1c3c(c4cccc-2c41)C=CC1C=CC=CC31. The molecule has 4 aromatic carbocycles. The van der Waals surface area contributed by atoms with E-state index in [4.69, 9.17) is 0 Å². The quantitative estimate of drug-likeness (QED) is 0.197. The van der Waals surface area contributed by atoms with Crippen LogP contribution in [0.15, 0.2) is 101 Å². The van der Waals surface area contributed by atoms with E-state index in [9.17, 15) is 0 Å². The molecule has 5 aliphatic rings. The molecule has 0 bridgehead atoms. The maximum Gasteiger partial charge on any atom is 0.341 e. The lowest BCUT2D eigenvalue weighted by molar-refractivity contribution is 0.669. The molecule has 2 aliphatic carbocycles. The van der Waals surface area contributed by atoms with E-state index < -0.39 is 0 Å². The van der Waals surface area contributed by atoms with Crippen LogP contribution in [0.5, 0.6) is 0 Å². The third kappa shape index (κ3) is 2.40. The van der Waals surface area contributed by atoms with Gasteiger partial charge in [-0.25, -0.2) is 0 Å². The third-order valence-corrected chi connectivity index (χ3v) is 10.3. The van der Waals surface area contributed by atoms with Gasteiger partial charge in [0.25, 0.3) is 0 Å². The van der Waals surface area contributed by atoms with Crippen LogP contribution >= 0.6 is 11.8 Å². The molecule has 0 spiro atoms. The summed E-state index contributed by atoms with van der Waals surface area (Å²) in [5, 5.41) is 1.35. The monoisotopic (exact) mass is 512 g/mol. The Bertz CT molecular complexity index is 2040. The van der Waals surface area contributed by atoms with Crippen LogP contribution in [-0.2, 0) is 0 Å². The molecule has 0 fully saturated rings. The molecule has 0 radical (unpaired) electrons. The van der Waals surface area contributed by atoms with Crippen molar-refractivity contribution in [2.75, 3.05) is 4.90 Å². The van der Waals surface area contributed by atoms with Crippen molar-refractivity contribution in [2.45, 2.75) is 22.6 Å². The summed E-state index contributed by atoms with van der Waals surface area (Å²) < 4.78 is 2.69. The molecule has 2 atom stereocenters. The van der Waals surface area contributed by atoms with Gasteiger partial charge in [0.1, 0.15) is 0 Å². The van der Waals surface area contributed by atoms with E-state index in [1.807, 2.05) is 11.8 Å². The first-order valence-electron chi connectivity index (χ1n) is 13.7. The average Bonchev–Trinajstić information content (AvgIpc) is 3.32. The van der Waals surface area contributed by atoms with Gasteiger partial charge in [-0.15, -0.1) is 0 Å². The normalized spacial score (nSPS) is 19.7. The molecule has 0 amide bonds. The minimum absolute atomic E-state index is 0.0523. The third-order valence-electron chi connectivity index (χ3n) is 9.17. The van der Waals surface area contributed by atoms with Gasteiger partial charge in [-0.3, -0.25) is 0 Å². The molecule has 3 aliphatic heterocycles. The summed E-state index contributed by atoms with van der Waals surface area (Å²) in [7, 11) is 0. The molecule has 39 heavy (non-hydrogen) atoms. The van der Waals surface area contributed by atoms with Crippen LogP contribution in [0.25, 0.3) is 28.1 Å². The zero-order valence-electron chi connectivity index (χ0n) is 21.3. The van der Waals surface area contributed by atoms with Gasteiger partial charge in [0.2, 0.25) is 0 Å². The van der Waals surface area contributed by atoms with Crippen molar-refractivity contribution >= 4 is 63.6 Å². The molecule has 2 nitrogen and oxygen atoms in total. The number of aryl methyl sites for hydroxylation is 1. The predicted octanol–water partition coefficient (Wildman–Crippen LogP) is 7.28. The molecule has 1 aromatic heterocycles. The van der Waals surface area contributed by atoms with Crippen molar-refractivity contribution < 1.29 is 0 Å². The lowest BCUT2D eigenvalue weighted by Crippen LogP contribution is -2.57. The summed E-state index contributed by atoms with van der Waals surface area (Å²) in [5.74, 6) is 0.704. The van der Waals surface area contributed by atoms with E-state index in [-0.39, 0.29) is 6.85 Å². The van der Waals surface area contributed by atoms with Gasteiger partial charge in [0.15, 0.2) is 0 Å². The number of fused-ring (bicyclic) bond motifs is 11. The van der Waals surface area contributed by atoms with Crippen LogP contribution in [0.1, 0.15) is 22.7 Å². The molecule has 0 saturated carbocycles. The Kier molecular flexibility index (Phi) is 3.70. The Labute approximate surface area is 232 Å². The Morgan fingerprint density at radius 1 is 0.897 bits per heavy atom. The van der Waals surface area contributed by atoms with Gasteiger partial charge in [0.05, 0.1) is 11.4 Å². The highest BCUT2D eigenvalue weighted by molar-refractivity contribution is 7.99. The molecular formula is C35H21BN2S. The Morgan fingerprint density at radius 3 is 2.79 bits per heavy atom. The van der Waals surface area contributed by atoms with Crippen LogP contribution in [0.4, 0.5) is 17.1 Å². The second-order valence-corrected chi connectivity index (χ2v) is 12.3. The topological polar surface area (TPSA) is 8.17 Å². The first-order valence-corrected chi connectivity index (χ1v) is 14.5. The van der Waals surface area contributed by atoms with Crippen LogP contribution < -0.4 is 15.8 Å². The summed E-state index contributed by atoms with van der Waals surface area (Å²) in [4.78, 5) is 5.05. The summed E-state index contributed by atoms with van der Waals surface area (Å²) in [5.41, 5.74) is 14.6. The lowest BCUT2D eigenvalue weighted by atomic mass is 9.45. The van der Waals surface area contributed by atoms with E-state index in [1.165, 1.54) is 76.6 Å². The number of nitrogens with zero attached hydrogens (tertiary/aromatic N) is 2. The van der Waals surface area contributed by atoms with Crippen molar-refractivity contribution in [1.29, 1.82) is 0 Å². The van der Waals surface area contributed by atoms with E-state index in [1.54, 1.807) is 0 Å². The molecular weight excluding hydrogens is 491 g/mol. The number of hydrogen-bond acceptors (Lipinski definition) is 2. The predicted molar refractivity (Wildman–Crippen MR) is 163 cm³/mol. The standard InChI is InChI=1S/C35H21BN2S/c1-20-18-26-24-11-6-10-23-25-17-16-21-8-2-3-9-22(21)33(25)38(34(23)24)36-27-12-7-15-31-35(27)37(29(19-20)32(26)36)28-13-4-5-14-30(28)39-31/h2-6,8-11,13-19,21-22H,1H3. The fourth-order valence-corrected chi connectivity index (χ4v) is 8.80. The number of hydrogen-bond donors (Lipinski definition) is 0. The Balaban J connectivity index is 1.39. The van der Waals surface area contributed by atoms with Crippen molar-refractivity contribution in [3.8, 4) is 11.1 Å². The number of aromatic nitrogens is 1. The zero-order valence-corrected chi connectivity index (χ0v) is 22.1. The average molecular weight is 512 g/mol. The summed E-state index contributed by atoms with van der Waals surface area (Å²) in [6, 6.07) is 29.7. The second-order valence-electron chi connectivity index (χ2n) is 11.2. The number of allylic oxidation sites excluding steroid dienone is 5. The van der Waals surface area contributed by atoms with Crippen LogP contribution in [0.2, 0.25) is 0 Å². The Hall–Kier alpha value is -4.33. The molecule has 0 N–H and O–H groups in total. The van der Waals surface area contributed by atoms with Gasteiger partial charge in [-0.1, -0.05) is 96.7 Å². The van der Waals surface area contributed by atoms with E-state index in [0.29, 0.717) is 11.8 Å². The molecule has 4 heterocycles. The van der Waals surface area contributed by atoms with Gasteiger partial charge >= 0.3 is 6.85 Å². The Morgan fingerprint density at radius 2 is 1.82 bits per heavy atom. The van der Waals surface area contributed by atoms with Crippen molar-refractivity contribution in [3.63, 3.8) is 0 Å². The summed E-state index contributed by atoms with van der Waals surface area (Å²) in [6.45, 7) is 2.29. The van der Waals surface area contributed by atoms with Crippen molar-refractivity contribution in [1.82, 2.24) is 4.48 Å². The van der Waals surface area contributed by atoms with Crippen LogP contribution in [0, 0.1) is 25.0 Å². The van der Waals surface area contributed by atoms with Crippen molar-refractivity contribution in [2.24, 2.45) is 5.92 Å². The van der Waals surface area contributed by atoms with E-state index in [2.05, 4.69) is 126 Å². The number of rotatable bonds is 0. The fraction of sp³-hybridized carbons (Fsp3) is 0.0857. The van der Waals surface area contributed by atoms with Crippen molar-refractivity contribution in [3.05, 3.63) is 120 Å². The highest BCUT2D eigenvalue weighted by atomic mass is 32.2. The zero-order chi connectivity index (χ0) is 25.4. The van der Waals surface area contributed by atoms with Crippen LogP contribution in [0.3, 0.4) is 0 Å². The number of anilines is 3. The first kappa shape index (κ1) is 20.6. The molecule has 180 valence electrons. The molecule has 4 heteroatoms. The van der Waals surface area contributed by atoms with Gasteiger partial charge < -0.3 is 9.38 Å². The molecule has 2 unspecified atom stereocenters. The largest absolute Gasteiger partial charge is 0.378 e. The maximum atomic E-state index is 3.67. The fourth-order valence-electron chi connectivity index (χ4n) is 7.74. The highest BCUT2D eigenvalue weighted by Gasteiger charge is 2.47. The number of benzene rings is 3. The summed E-state index contributed by atoms with van der Waals surface area (Å²) in [6.07, 6.45) is 13.9. The minimum Gasteiger partial charge on any atom is -0.378 e. The van der Waals surface area contributed by atoms with E-state index in [0.717, 1.165) is 0 Å². The van der Waals surface area contributed by atoms with Gasteiger partial charge in [-0.05, 0) is 41.7 Å².